The van der Waals surface area contributed by atoms with Crippen LogP contribution in [0.2, 0.25) is 0 Å². The zero-order valence-electron chi connectivity index (χ0n) is 12.2. The van der Waals surface area contributed by atoms with Crippen LogP contribution in [0.5, 0.6) is 5.75 Å². The molecule has 2 unspecified atom stereocenters. The summed E-state index contributed by atoms with van der Waals surface area (Å²) >= 11 is 0. The summed E-state index contributed by atoms with van der Waals surface area (Å²) in [6.07, 6.45) is 0.443. The first-order valence-electron chi connectivity index (χ1n) is 7.48. The molecule has 2 rings (SSSR count). The SMILES string of the molecule is CC1CCCC(CNCc2cccc(OC(F)(F)F)c2)C1. The largest absolute Gasteiger partial charge is 0.573 e. The van der Waals surface area contributed by atoms with Gasteiger partial charge >= 0.3 is 6.36 Å². The van der Waals surface area contributed by atoms with Crippen molar-refractivity contribution in [2.45, 2.75) is 45.5 Å². The maximum atomic E-state index is 12.2. The molecule has 5 heteroatoms. The van der Waals surface area contributed by atoms with Crippen LogP contribution in [0.15, 0.2) is 24.3 Å². The first-order valence-corrected chi connectivity index (χ1v) is 7.48. The lowest BCUT2D eigenvalue weighted by Crippen LogP contribution is -2.26. The Morgan fingerprint density at radius 2 is 2.10 bits per heavy atom. The molecule has 1 fully saturated rings. The predicted octanol–water partition coefficient (Wildman–Crippen LogP) is 4.50. The Morgan fingerprint density at radius 1 is 1.29 bits per heavy atom. The fourth-order valence-electron chi connectivity index (χ4n) is 3.02. The van der Waals surface area contributed by atoms with E-state index in [1.807, 2.05) is 0 Å². The van der Waals surface area contributed by atoms with Gasteiger partial charge in [0.1, 0.15) is 5.75 Å². The van der Waals surface area contributed by atoms with Gasteiger partial charge < -0.3 is 10.1 Å². The number of rotatable bonds is 5. The molecule has 0 aromatic heterocycles. The molecule has 2 nitrogen and oxygen atoms in total. The Morgan fingerprint density at radius 3 is 2.81 bits per heavy atom. The van der Waals surface area contributed by atoms with Crippen molar-refractivity contribution in [3.63, 3.8) is 0 Å². The van der Waals surface area contributed by atoms with Crippen LogP contribution < -0.4 is 10.1 Å². The normalized spacial score (nSPS) is 23.0. The van der Waals surface area contributed by atoms with Gasteiger partial charge in [0, 0.05) is 6.54 Å². The molecule has 0 spiro atoms. The average Bonchev–Trinajstić information content (AvgIpc) is 2.37. The standard InChI is InChI=1S/C16H22F3NO/c1-12-4-2-5-13(8-12)10-20-11-14-6-3-7-15(9-14)21-16(17,18)19/h3,6-7,9,12-13,20H,2,4-5,8,10-11H2,1H3. The van der Waals surface area contributed by atoms with Gasteiger partial charge in [0.25, 0.3) is 0 Å². The summed E-state index contributed by atoms with van der Waals surface area (Å²) in [7, 11) is 0. The maximum Gasteiger partial charge on any atom is 0.573 e. The van der Waals surface area contributed by atoms with Crippen molar-refractivity contribution in [1.82, 2.24) is 5.32 Å². The number of halogens is 3. The van der Waals surface area contributed by atoms with E-state index in [2.05, 4.69) is 17.0 Å². The predicted molar refractivity (Wildman–Crippen MR) is 76.0 cm³/mol. The second-order valence-corrected chi connectivity index (χ2v) is 5.96. The van der Waals surface area contributed by atoms with E-state index in [0.29, 0.717) is 12.5 Å². The quantitative estimate of drug-likeness (QED) is 0.864. The zero-order valence-corrected chi connectivity index (χ0v) is 12.2. The Kier molecular flexibility index (Phi) is 5.51. The van der Waals surface area contributed by atoms with Crippen LogP contribution in [0.25, 0.3) is 0 Å². The van der Waals surface area contributed by atoms with E-state index in [4.69, 9.17) is 0 Å². The van der Waals surface area contributed by atoms with Crippen molar-refractivity contribution in [2.24, 2.45) is 11.8 Å². The molecular formula is C16H22F3NO. The van der Waals surface area contributed by atoms with Crippen molar-refractivity contribution >= 4 is 0 Å². The molecule has 1 N–H and O–H groups in total. The van der Waals surface area contributed by atoms with Crippen LogP contribution in [0, 0.1) is 11.8 Å². The maximum absolute atomic E-state index is 12.2. The number of alkyl halides is 3. The van der Waals surface area contributed by atoms with Gasteiger partial charge in [0.15, 0.2) is 0 Å². The minimum absolute atomic E-state index is 0.159. The highest BCUT2D eigenvalue weighted by atomic mass is 19.4. The molecule has 0 bridgehead atoms. The molecule has 1 aromatic rings. The highest BCUT2D eigenvalue weighted by Crippen LogP contribution is 2.28. The molecule has 0 aliphatic heterocycles. The summed E-state index contributed by atoms with van der Waals surface area (Å²) in [5, 5.41) is 3.35. The summed E-state index contributed by atoms with van der Waals surface area (Å²) in [5.41, 5.74) is 0.806. The lowest BCUT2D eigenvalue weighted by atomic mass is 9.82. The van der Waals surface area contributed by atoms with Crippen LogP contribution in [0.3, 0.4) is 0 Å². The van der Waals surface area contributed by atoms with E-state index < -0.39 is 6.36 Å². The number of nitrogens with one attached hydrogen (secondary N) is 1. The third-order valence-electron chi connectivity index (χ3n) is 3.94. The van der Waals surface area contributed by atoms with E-state index in [-0.39, 0.29) is 5.75 Å². The average molecular weight is 301 g/mol. The molecule has 0 heterocycles. The molecule has 118 valence electrons. The van der Waals surface area contributed by atoms with Gasteiger partial charge in [-0.3, -0.25) is 0 Å². The molecule has 0 radical (unpaired) electrons. The lowest BCUT2D eigenvalue weighted by Gasteiger charge is -2.26. The van der Waals surface area contributed by atoms with Crippen LogP contribution in [-0.2, 0) is 6.54 Å². The highest BCUT2D eigenvalue weighted by molar-refractivity contribution is 5.28. The summed E-state index contributed by atoms with van der Waals surface area (Å²) in [4.78, 5) is 0. The Balaban J connectivity index is 1.79. The Labute approximate surface area is 123 Å². The van der Waals surface area contributed by atoms with Crippen molar-refractivity contribution in [3.05, 3.63) is 29.8 Å². The zero-order chi connectivity index (χ0) is 15.3. The van der Waals surface area contributed by atoms with E-state index in [0.717, 1.165) is 18.0 Å². The lowest BCUT2D eigenvalue weighted by molar-refractivity contribution is -0.274. The second kappa shape index (κ2) is 7.16. The van der Waals surface area contributed by atoms with Crippen molar-refractivity contribution in [1.29, 1.82) is 0 Å². The number of hydrogen-bond donors (Lipinski definition) is 1. The highest BCUT2D eigenvalue weighted by Gasteiger charge is 2.31. The molecule has 1 aliphatic rings. The molecule has 2 atom stereocenters. The van der Waals surface area contributed by atoms with Gasteiger partial charge in [-0.05, 0) is 48.9 Å². The molecule has 0 amide bonds. The second-order valence-electron chi connectivity index (χ2n) is 5.96. The molecule has 1 saturated carbocycles. The smallest absolute Gasteiger partial charge is 0.406 e. The van der Waals surface area contributed by atoms with Gasteiger partial charge in [0.05, 0.1) is 0 Å². The first-order chi connectivity index (χ1) is 9.92. The van der Waals surface area contributed by atoms with Crippen LogP contribution in [0.1, 0.15) is 38.2 Å². The summed E-state index contributed by atoms with van der Waals surface area (Å²) in [6, 6.07) is 6.14. The fourth-order valence-corrected chi connectivity index (χ4v) is 3.02. The molecule has 1 aliphatic carbocycles. The van der Waals surface area contributed by atoms with Gasteiger partial charge in [-0.15, -0.1) is 13.2 Å². The Bertz CT molecular complexity index is 447. The van der Waals surface area contributed by atoms with Gasteiger partial charge in [0.2, 0.25) is 0 Å². The molecule has 1 aromatic carbocycles. The van der Waals surface area contributed by atoms with Crippen LogP contribution in [-0.4, -0.2) is 12.9 Å². The molecular weight excluding hydrogens is 279 g/mol. The van der Waals surface area contributed by atoms with E-state index in [1.54, 1.807) is 12.1 Å². The third-order valence-corrected chi connectivity index (χ3v) is 3.94. The number of ether oxygens (including phenoxy) is 1. The summed E-state index contributed by atoms with van der Waals surface area (Å²) < 4.78 is 40.4. The first kappa shape index (κ1) is 16.1. The summed E-state index contributed by atoms with van der Waals surface area (Å²) in [6.45, 7) is 3.78. The topological polar surface area (TPSA) is 21.3 Å². The monoisotopic (exact) mass is 301 g/mol. The minimum Gasteiger partial charge on any atom is -0.406 e. The van der Waals surface area contributed by atoms with Crippen molar-refractivity contribution < 1.29 is 17.9 Å². The van der Waals surface area contributed by atoms with Crippen molar-refractivity contribution in [3.8, 4) is 5.75 Å². The minimum atomic E-state index is -4.63. The van der Waals surface area contributed by atoms with Gasteiger partial charge in [-0.25, -0.2) is 0 Å². The number of benzene rings is 1. The molecule has 21 heavy (non-hydrogen) atoms. The van der Waals surface area contributed by atoms with E-state index >= 15 is 0 Å². The van der Waals surface area contributed by atoms with Gasteiger partial charge in [-0.1, -0.05) is 31.9 Å². The third kappa shape index (κ3) is 5.96. The number of hydrogen-bond acceptors (Lipinski definition) is 2. The van der Waals surface area contributed by atoms with E-state index in [1.165, 1.54) is 37.8 Å². The van der Waals surface area contributed by atoms with Crippen LogP contribution in [0.4, 0.5) is 13.2 Å². The van der Waals surface area contributed by atoms with E-state index in [9.17, 15) is 13.2 Å². The van der Waals surface area contributed by atoms with Gasteiger partial charge in [-0.2, -0.15) is 0 Å². The van der Waals surface area contributed by atoms with Crippen molar-refractivity contribution in [2.75, 3.05) is 6.54 Å². The fraction of sp³-hybridized carbons (Fsp3) is 0.625. The van der Waals surface area contributed by atoms with Crippen LogP contribution >= 0.6 is 0 Å². The Hall–Kier alpha value is -1.23. The summed E-state index contributed by atoms with van der Waals surface area (Å²) in [5.74, 6) is 1.31. The molecule has 0 saturated heterocycles.